The third kappa shape index (κ3) is 3.32. The van der Waals surface area contributed by atoms with Crippen molar-refractivity contribution in [2.75, 3.05) is 18.1 Å². The smallest absolute Gasteiger partial charge is 0.224 e. The van der Waals surface area contributed by atoms with Crippen LogP contribution in [0.1, 0.15) is 12.8 Å². The quantitative estimate of drug-likeness (QED) is 0.851. The van der Waals surface area contributed by atoms with Crippen LogP contribution in [0.25, 0.3) is 10.9 Å². The summed E-state index contributed by atoms with van der Waals surface area (Å²) in [5.74, 6) is -0.350. The minimum Gasteiger partial charge on any atom is -0.356 e. The molecule has 1 fully saturated rings. The summed E-state index contributed by atoms with van der Waals surface area (Å²) < 4.78 is 24.9. The lowest BCUT2D eigenvalue weighted by atomic mass is 10.1. The van der Waals surface area contributed by atoms with Gasteiger partial charge in [-0.25, -0.2) is 8.42 Å². The SMILES string of the molecule is O=C(NCCCn1ccc2ccccc21)[C@@H]1CCS(=O)(=O)C1. The van der Waals surface area contributed by atoms with E-state index in [4.69, 9.17) is 0 Å². The van der Waals surface area contributed by atoms with Crippen molar-refractivity contribution in [1.29, 1.82) is 0 Å². The van der Waals surface area contributed by atoms with Crippen molar-refractivity contribution in [3.8, 4) is 0 Å². The third-order valence-corrected chi connectivity index (χ3v) is 5.93. The van der Waals surface area contributed by atoms with Crippen LogP contribution in [0.15, 0.2) is 36.5 Å². The second-order valence-electron chi connectivity index (χ2n) is 5.81. The fraction of sp³-hybridized carbons (Fsp3) is 0.438. The van der Waals surface area contributed by atoms with E-state index in [1.165, 1.54) is 10.9 Å². The van der Waals surface area contributed by atoms with Gasteiger partial charge in [-0.3, -0.25) is 4.79 Å². The molecule has 1 atom stereocenters. The Bertz CT molecular complexity index is 780. The fourth-order valence-electron chi connectivity index (χ4n) is 2.94. The summed E-state index contributed by atoms with van der Waals surface area (Å²) in [6.07, 6.45) is 3.33. The molecule has 1 aliphatic rings. The number of nitrogens with one attached hydrogen (secondary N) is 1. The molecule has 1 aromatic heterocycles. The summed E-state index contributed by atoms with van der Waals surface area (Å²) in [7, 11) is -3.00. The molecule has 0 bridgehead atoms. The Labute approximate surface area is 130 Å². The molecule has 0 unspecified atom stereocenters. The summed E-state index contributed by atoms with van der Waals surface area (Å²) >= 11 is 0. The second-order valence-corrected chi connectivity index (χ2v) is 8.04. The van der Waals surface area contributed by atoms with Crippen molar-refractivity contribution < 1.29 is 13.2 Å². The molecular formula is C16H20N2O3S. The van der Waals surface area contributed by atoms with E-state index in [2.05, 4.69) is 34.3 Å². The number of hydrogen-bond acceptors (Lipinski definition) is 3. The Kier molecular flexibility index (Phi) is 4.20. The van der Waals surface area contributed by atoms with E-state index in [0.717, 1.165) is 13.0 Å². The first-order valence-electron chi connectivity index (χ1n) is 7.57. The van der Waals surface area contributed by atoms with E-state index in [0.29, 0.717) is 13.0 Å². The molecule has 22 heavy (non-hydrogen) atoms. The van der Waals surface area contributed by atoms with Gasteiger partial charge in [0.05, 0.1) is 17.4 Å². The van der Waals surface area contributed by atoms with Gasteiger partial charge in [-0.15, -0.1) is 0 Å². The lowest BCUT2D eigenvalue weighted by Gasteiger charge is -2.10. The number of carbonyl (C=O) groups excluding carboxylic acids is 1. The zero-order valence-corrected chi connectivity index (χ0v) is 13.2. The molecule has 1 saturated heterocycles. The van der Waals surface area contributed by atoms with Crippen molar-refractivity contribution in [1.82, 2.24) is 9.88 Å². The lowest BCUT2D eigenvalue weighted by molar-refractivity contribution is -0.124. The molecule has 1 amide bonds. The zero-order chi connectivity index (χ0) is 15.6. The van der Waals surface area contributed by atoms with Crippen LogP contribution in [0.3, 0.4) is 0 Å². The second kappa shape index (κ2) is 6.12. The molecule has 118 valence electrons. The van der Waals surface area contributed by atoms with E-state index in [-0.39, 0.29) is 23.3 Å². The van der Waals surface area contributed by atoms with Crippen LogP contribution in [0.4, 0.5) is 0 Å². The molecule has 0 radical (unpaired) electrons. The van der Waals surface area contributed by atoms with Gasteiger partial charge in [-0.2, -0.15) is 0 Å². The monoisotopic (exact) mass is 320 g/mol. The minimum absolute atomic E-state index is 0.00106. The van der Waals surface area contributed by atoms with Crippen molar-refractivity contribution in [2.24, 2.45) is 5.92 Å². The number of aromatic nitrogens is 1. The highest BCUT2D eigenvalue weighted by Gasteiger charge is 2.32. The maximum absolute atomic E-state index is 11.9. The largest absolute Gasteiger partial charge is 0.356 e. The van der Waals surface area contributed by atoms with E-state index < -0.39 is 9.84 Å². The predicted octanol–water partition coefficient (Wildman–Crippen LogP) is 1.58. The van der Waals surface area contributed by atoms with Crippen LogP contribution in [0.5, 0.6) is 0 Å². The third-order valence-electron chi connectivity index (χ3n) is 4.16. The summed E-state index contributed by atoms with van der Waals surface area (Å²) in [4.78, 5) is 11.9. The van der Waals surface area contributed by atoms with Gasteiger partial charge in [0.15, 0.2) is 9.84 Å². The maximum Gasteiger partial charge on any atom is 0.224 e. The first-order chi connectivity index (χ1) is 10.6. The van der Waals surface area contributed by atoms with Crippen LogP contribution in [0.2, 0.25) is 0 Å². The Morgan fingerprint density at radius 3 is 2.86 bits per heavy atom. The number of rotatable bonds is 5. The number of para-hydroxylation sites is 1. The molecular weight excluding hydrogens is 300 g/mol. The molecule has 0 saturated carbocycles. The first kappa shape index (κ1) is 15.1. The number of benzene rings is 1. The molecule has 6 heteroatoms. The van der Waals surface area contributed by atoms with Crippen LogP contribution in [-0.4, -0.2) is 36.9 Å². The van der Waals surface area contributed by atoms with E-state index in [9.17, 15) is 13.2 Å². The molecule has 3 rings (SSSR count). The number of nitrogens with zero attached hydrogens (tertiary/aromatic N) is 1. The Balaban J connectivity index is 1.47. The summed E-state index contributed by atoms with van der Waals surface area (Å²) in [5, 5.41) is 4.07. The van der Waals surface area contributed by atoms with Crippen molar-refractivity contribution >= 4 is 26.6 Å². The van der Waals surface area contributed by atoms with Crippen LogP contribution >= 0.6 is 0 Å². The number of sulfone groups is 1. The summed E-state index contributed by atoms with van der Waals surface area (Å²) in [6.45, 7) is 1.40. The molecule has 1 N–H and O–H groups in total. The van der Waals surface area contributed by atoms with Crippen molar-refractivity contribution in [3.05, 3.63) is 36.5 Å². The molecule has 0 aliphatic carbocycles. The molecule has 2 aromatic rings. The van der Waals surface area contributed by atoms with Gasteiger partial charge < -0.3 is 9.88 Å². The highest BCUT2D eigenvalue weighted by Crippen LogP contribution is 2.18. The van der Waals surface area contributed by atoms with Gasteiger partial charge in [0, 0.05) is 24.8 Å². The van der Waals surface area contributed by atoms with E-state index in [1.54, 1.807) is 0 Å². The van der Waals surface area contributed by atoms with Gasteiger partial charge in [0.2, 0.25) is 5.91 Å². The highest BCUT2D eigenvalue weighted by molar-refractivity contribution is 7.91. The fourth-order valence-corrected chi connectivity index (χ4v) is 4.68. The topological polar surface area (TPSA) is 68.2 Å². The van der Waals surface area contributed by atoms with Crippen molar-refractivity contribution in [2.45, 2.75) is 19.4 Å². The summed E-state index contributed by atoms with van der Waals surface area (Å²) in [6, 6.07) is 10.3. The minimum atomic E-state index is -3.00. The van der Waals surface area contributed by atoms with E-state index in [1.807, 2.05) is 12.1 Å². The molecule has 0 spiro atoms. The van der Waals surface area contributed by atoms with E-state index >= 15 is 0 Å². The predicted molar refractivity (Wildman–Crippen MR) is 86.3 cm³/mol. The summed E-state index contributed by atoms with van der Waals surface area (Å²) in [5.41, 5.74) is 1.19. The number of aryl methyl sites for hydroxylation is 1. The van der Waals surface area contributed by atoms with Gasteiger partial charge in [0.25, 0.3) is 0 Å². The standard InChI is InChI=1S/C16H20N2O3S/c19-16(14-7-11-22(20,21)12-14)17-8-3-9-18-10-6-13-4-1-2-5-15(13)18/h1-2,4-6,10,14H,3,7-9,11-12H2,(H,17,19)/t14-/m1/s1. The Hall–Kier alpha value is -1.82. The normalized spacial score (nSPS) is 20.3. The Morgan fingerprint density at radius 2 is 2.09 bits per heavy atom. The molecule has 1 aromatic carbocycles. The zero-order valence-electron chi connectivity index (χ0n) is 12.4. The van der Waals surface area contributed by atoms with Gasteiger partial charge in [-0.1, -0.05) is 18.2 Å². The molecule has 5 nitrogen and oxygen atoms in total. The molecule has 2 heterocycles. The van der Waals surface area contributed by atoms with Crippen LogP contribution in [0, 0.1) is 5.92 Å². The van der Waals surface area contributed by atoms with Gasteiger partial charge in [0.1, 0.15) is 0 Å². The number of hydrogen-bond donors (Lipinski definition) is 1. The average molecular weight is 320 g/mol. The molecule has 1 aliphatic heterocycles. The Morgan fingerprint density at radius 1 is 1.27 bits per heavy atom. The number of amides is 1. The van der Waals surface area contributed by atoms with Gasteiger partial charge in [-0.05, 0) is 30.4 Å². The maximum atomic E-state index is 11.9. The van der Waals surface area contributed by atoms with Crippen molar-refractivity contribution in [3.63, 3.8) is 0 Å². The van der Waals surface area contributed by atoms with Crippen LogP contribution < -0.4 is 5.32 Å². The highest BCUT2D eigenvalue weighted by atomic mass is 32.2. The number of fused-ring (bicyclic) bond motifs is 1. The van der Waals surface area contributed by atoms with Crippen LogP contribution in [-0.2, 0) is 21.2 Å². The lowest BCUT2D eigenvalue weighted by Crippen LogP contribution is -2.32. The first-order valence-corrected chi connectivity index (χ1v) is 9.39. The number of carbonyl (C=O) groups is 1. The average Bonchev–Trinajstić information content (AvgIpc) is 3.07. The van der Waals surface area contributed by atoms with Gasteiger partial charge >= 0.3 is 0 Å².